The van der Waals surface area contributed by atoms with Gasteiger partial charge in [-0.3, -0.25) is 9.89 Å². The molecule has 3 aromatic rings. The largest absolute Gasteiger partial charge is 0.401 e. The molecule has 1 aliphatic carbocycles. The molecule has 3 N–H and O–H groups in total. The molecule has 0 unspecified atom stereocenters. The van der Waals surface area contributed by atoms with E-state index in [4.69, 9.17) is 0 Å². The lowest BCUT2D eigenvalue weighted by Crippen LogP contribution is -2.57. The van der Waals surface area contributed by atoms with Crippen molar-refractivity contribution in [3.8, 4) is 0 Å². The number of hydrogen-bond acceptors (Lipinski definition) is 6. The number of nitrogens with zero attached hydrogens (tertiary/aromatic N) is 5. The SMILES string of the molecule is C[C@@]1(NCC(F)(F)F)CC[C@@H](NC(=O)c2ncnc3cn[nH]c23)C[C@H]1n1ccnc1. The smallest absolute Gasteiger partial charge is 0.348 e. The lowest BCUT2D eigenvalue weighted by atomic mass is 9.76. The average molecular weight is 422 g/mol. The lowest BCUT2D eigenvalue weighted by Gasteiger charge is -2.45. The summed E-state index contributed by atoms with van der Waals surface area (Å²) in [4.78, 5) is 24.9. The molecule has 0 spiro atoms. The molecule has 0 bridgehead atoms. The minimum atomic E-state index is -4.31. The zero-order valence-electron chi connectivity index (χ0n) is 16.1. The quantitative estimate of drug-likeness (QED) is 0.580. The summed E-state index contributed by atoms with van der Waals surface area (Å²) in [6.45, 7) is 0.699. The third kappa shape index (κ3) is 4.13. The van der Waals surface area contributed by atoms with E-state index >= 15 is 0 Å². The fourth-order valence-electron chi connectivity index (χ4n) is 4.02. The van der Waals surface area contributed by atoms with Crippen molar-refractivity contribution in [2.75, 3.05) is 6.54 Å². The van der Waals surface area contributed by atoms with E-state index in [0.717, 1.165) is 0 Å². The van der Waals surface area contributed by atoms with E-state index in [1.54, 1.807) is 30.2 Å². The Morgan fingerprint density at radius 1 is 1.40 bits per heavy atom. The van der Waals surface area contributed by atoms with Crippen LogP contribution in [0, 0.1) is 0 Å². The number of halogens is 3. The molecule has 1 aliphatic rings. The van der Waals surface area contributed by atoms with Crippen molar-refractivity contribution in [3.63, 3.8) is 0 Å². The highest BCUT2D eigenvalue weighted by molar-refractivity contribution is 6.02. The Bertz CT molecular complexity index is 1020. The minimum Gasteiger partial charge on any atom is -0.348 e. The molecular formula is C18H21F3N8O. The number of amides is 1. The van der Waals surface area contributed by atoms with E-state index in [9.17, 15) is 18.0 Å². The number of rotatable bonds is 5. The van der Waals surface area contributed by atoms with Crippen LogP contribution in [0.25, 0.3) is 11.0 Å². The first-order valence-electron chi connectivity index (χ1n) is 9.49. The number of aromatic amines is 1. The molecule has 1 saturated carbocycles. The van der Waals surface area contributed by atoms with Gasteiger partial charge < -0.3 is 15.2 Å². The van der Waals surface area contributed by atoms with Crippen LogP contribution in [0.3, 0.4) is 0 Å². The first kappa shape index (κ1) is 20.3. The Morgan fingerprint density at radius 3 is 2.97 bits per heavy atom. The zero-order valence-corrected chi connectivity index (χ0v) is 16.1. The number of alkyl halides is 3. The van der Waals surface area contributed by atoms with Gasteiger partial charge in [-0.25, -0.2) is 15.0 Å². The minimum absolute atomic E-state index is 0.181. The highest BCUT2D eigenvalue weighted by Crippen LogP contribution is 2.38. The summed E-state index contributed by atoms with van der Waals surface area (Å²) >= 11 is 0. The highest BCUT2D eigenvalue weighted by Gasteiger charge is 2.43. The number of aromatic nitrogens is 6. The standard InChI is InChI=1S/C18H21F3N8O/c1-17(25-8-18(19,20)21)3-2-11(6-13(17)29-5-4-22-10-29)27-16(30)15-14-12(7-26-28-14)23-9-24-15/h4-5,7,9-11,13,25H,2-3,6,8H2,1H3,(H,26,28)(H,27,30)/t11-,13-,17-/m1/s1. The molecule has 30 heavy (non-hydrogen) atoms. The van der Waals surface area contributed by atoms with Crippen molar-refractivity contribution >= 4 is 16.9 Å². The molecule has 3 heterocycles. The number of fused-ring (bicyclic) bond motifs is 1. The Kier molecular flexibility index (Phi) is 5.18. The Hall–Kier alpha value is -3.02. The second-order valence-corrected chi connectivity index (χ2v) is 7.71. The second kappa shape index (κ2) is 7.67. The van der Waals surface area contributed by atoms with Crippen molar-refractivity contribution < 1.29 is 18.0 Å². The van der Waals surface area contributed by atoms with E-state index in [2.05, 4.69) is 35.8 Å². The number of carbonyl (C=O) groups is 1. The van der Waals surface area contributed by atoms with Crippen LogP contribution in [0.5, 0.6) is 0 Å². The van der Waals surface area contributed by atoms with E-state index < -0.39 is 18.3 Å². The van der Waals surface area contributed by atoms with Gasteiger partial charge in [0.2, 0.25) is 0 Å². The summed E-state index contributed by atoms with van der Waals surface area (Å²) in [5.41, 5.74) is 0.344. The van der Waals surface area contributed by atoms with E-state index in [1.165, 1.54) is 12.5 Å². The summed E-state index contributed by atoms with van der Waals surface area (Å²) in [5.74, 6) is -0.382. The fraction of sp³-hybridized carbons (Fsp3) is 0.500. The van der Waals surface area contributed by atoms with Gasteiger partial charge in [-0.05, 0) is 26.2 Å². The van der Waals surface area contributed by atoms with Gasteiger partial charge in [-0.2, -0.15) is 18.3 Å². The monoisotopic (exact) mass is 422 g/mol. The molecular weight excluding hydrogens is 401 g/mol. The molecule has 1 fully saturated rings. The van der Waals surface area contributed by atoms with Crippen LogP contribution in [0.4, 0.5) is 13.2 Å². The van der Waals surface area contributed by atoms with Crippen molar-refractivity contribution in [1.29, 1.82) is 0 Å². The molecule has 0 saturated heterocycles. The maximum atomic E-state index is 12.8. The number of nitrogens with one attached hydrogen (secondary N) is 3. The van der Waals surface area contributed by atoms with Crippen molar-refractivity contribution in [1.82, 2.24) is 40.3 Å². The van der Waals surface area contributed by atoms with Crippen molar-refractivity contribution in [3.05, 3.63) is 36.9 Å². The lowest BCUT2D eigenvalue weighted by molar-refractivity contribution is -0.130. The second-order valence-electron chi connectivity index (χ2n) is 7.71. The highest BCUT2D eigenvalue weighted by atomic mass is 19.4. The summed E-state index contributed by atoms with van der Waals surface area (Å²) in [6.07, 6.45) is 4.79. The first-order chi connectivity index (χ1) is 14.3. The van der Waals surface area contributed by atoms with Crippen LogP contribution in [0.1, 0.15) is 42.7 Å². The third-order valence-electron chi connectivity index (χ3n) is 5.62. The van der Waals surface area contributed by atoms with Crippen LogP contribution in [-0.4, -0.2) is 59.9 Å². The van der Waals surface area contributed by atoms with Gasteiger partial charge in [0, 0.05) is 24.0 Å². The van der Waals surface area contributed by atoms with Crippen molar-refractivity contribution in [2.45, 2.75) is 50.0 Å². The maximum absolute atomic E-state index is 12.8. The number of carbonyl (C=O) groups excluding carboxylic acids is 1. The molecule has 3 atom stereocenters. The molecule has 160 valence electrons. The molecule has 1 amide bonds. The first-order valence-corrected chi connectivity index (χ1v) is 9.49. The van der Waals surface area contributed by atoms with Gasteiger partial charge >= 0.3 is 6.18 Å². The van der Waals surface area contributed by atoms with E-state index in [1.807, 2.05) is 0 Å². The topological polar surface area (TPSA) is 113 Å². The molecule has 9 nitrogen and oxygen atoms in total. The van der Waals surface area contributed by atoms with Crippen LogP contribution in [0.2, 0.25) is 0 Å². The van der Waals surface area contributed by atoms with Gasteiger partial charge in [0.15, 0.2) is 5.69 Å². The van der Waals surface area contributed by atoms with Crippen LogP contribution >= 0.6 is 0 Å². The number of imidazole rings is 1. The average Bonchev–Trinajstić information content (AvgIpc) is 3.39. The Morgan fingerprint density at radius 2 is 2.23 bits per heavy atom. The molecule has 0 aromatic carbocycles. The predicted molar refractivity (Wildman–Crippen MR) is 101 cm³/mol. The zero-order chi connectivity index (χ0) is 21.4. The number of hydrogen-bond donors (Lipinski definition) is 3. The molecule has 3 aromatic heterocycles. The van der Waals surface area contributed by atoms with Gasteiger partial charge in [-0.1, -0.05) is 0 Å². The van der Waals surface area contributed by atoms with Gasteiger partial charge in [0.25, 0.3) is 5.91 Å². The summed E-state index contributed by atoms with van der Waals surface area (Å²) in [6, 6.07) is -0.558. The van der Waals surface area contributed by atoms with Crippen LogP contribution < -0.4 is 10.6 Å². The maximum Gasteiger partial charge on any atom is 0.401 e. The van der Waals surface area contributed by atoms with Crippen molar-refractivity contribution in [2.24, 2.45) is 0 Å². The van der Waals surface area contributed by atoms with Gasteiger partial charge in [-0.15, -0.1) is 0 Å². The Labute approximate surface area is 169 Å². The summed E-state index contributed by atoms with van der Waals surface area (Å²) in [7, 11) is 0. The fourth-order valence-corrected chi connectivity index (χ4v) is 4.02. The van der Waals surface area contributed by atoms with E-state index in [-0.39, 0.29) is 23.7 Å². The summed E-state index contributed by atoms with van der Waals surface area (Å²) < 4.78 is 40.3. The molecule has 0 aliphatic heterocycles. The predicted octanol–water partition coefficient (Wildman–Crippen LogP) is 1.98. The molecule has 4 rings (SSSR count). The molecule has 12 heteroatoms. The number of H-pyrrole nitrogens is 1. The Balaban J connectivity index is 1.51. The van der Waals surface area contributed by atoms with Crippen LogP contribution in [-0.2, 0) is 0 Å². The summed E-state index contributed by atoms with van der Waals surface area (Å²) in [5, 5.41) is 12.2. The third-order valence-corrected chi connectivity index (χ3v) is 5.62. The van der Waals surface area contributed by atoms with Gasteiger partial charge in [0.1, 0.15) is 17.4 Å². The van der Waals surface area contributed by atoms with Crippen LogP contribution in [0.15, 0.2) is 31.2 Å². The van der Waals surface area contributed by atoms with E-state index in [0.29, 0.717) is 30.3 Å². The molecule has 0 radical (unpaired) electrons. The normalized spacial score (nSPS) is 24.8. The van der Waals surface area contributed by atoms with Gasteiger partial charge in [0.05, 0.1) is 25.1 Å².